The van der Waals surface area contributed by atoms with Gasteiger partial charge in [0.15, 0.2) is 0 Å². The van der Waals surface area contributed by atoms with E-state index in [9.17, 15) is 0 Å². The van der Waals surface area contributed by atoms with Gasteiger partial charge in [-0.2, -0.15) is 36.4 Å². The Kier molecular flexibility index (Phi) is 7.77. The fourth-order valence-electron chi connectivity index (χ4n) is 0.770. The van der Waals surface area contributed by atoms with E-state index in [1.807, 2.05) is 36.4 Å². The SMILES string of the molecule is Oc1ccccc1.[Zn].[c-]1ccccc1. The monoisotopic (exact) mass is 235 g/mol. The number of aromatic hydroxyl groups is 1. The van der Waals surface area contributed by atoms with Crippen molar-refractivity contribution in [1.29, 1.82) is 0 Å². The van der Waals surface area contributed by atoms with Crippen LogP contribution in [0.25, 0.3) is 0 Å². The molecule has 2 rings (SSSR count). The molecular formula is C12H11OZn-. The van der Waals surface area contributed by atoms with E-state index in [1.165, 1.54) is 0 Å². The fourth-order valence-corrected chi connectivity index (χ4v) is 0.770. The minimum atomic E-state index is 0. The molecule has 2 heteroatoms. The molecule has 0 aromatic heterocycles. The summed E-state index contributed by atoms with van der Waals surface area (Å²) in [6.07, 6.45) is 0. The van der Waals surface area contributed by atoms with Gasteiger partial charge in [-0.3, -0.25) is 0 Å². The van der Waals surface area contributed by atoms with Gasteiger partial charge in [-0.25, -0.2) is 0 Å². The van der Waals surface area contributed by atoms with Gasteiger partial charge in [-0.1, -0.05) is 18.2 Å². The van der Waals surface area contributed by atoms with Crippen LogP contribution in [-0.4, -0.2) is 5.11 Å². The third-order valence-electron chi connectivity index (χ3n) is 1.36. The second-order valence-corrected chi connectivity index (χ2v) is 2.41. The second-order valence-electron chi connectivity index (χ2n) is 2.41. The molecule has 0 aliphatic rings. The molecule has 0 bridgehead atoms. The normalized spacial score (nSPS) is 7.71. The summed E-state index contributed by atoms with van der Waals surface area (Å²) in [6, 6.07) is 21.2. The fraction of sp³-hybridized carbons (Fsp3) is 0. The third kappa shape index (κ3) is 6.39. The van der Waals surface area contributed by atoms with Crippen molar-refractivity contribution < 1.29 is 24.6 Å². The van der Waals surface area contributed by atoms with Crippen LogP contribution in [-0.2, 0) is 19.5 Å². The molecule has 0 saturated carbocycles. The average molecular weight is 237 g/mol. The summed E-state index contributed by atoms with van der Waals surface area (Å²) in [6.45, 7) is 0. The van der Waals surface area contributed by atoms with Crippen LogP contribution in [0.3, 0.4) is 0 Å². The van der Waals surface area contributed by atoms with Crippen LogP contribution in [0.2, 0.25) is 0 Å². The van der Waals surface area contributed by atoms with E-state index >= 15 is 0 Å². The smallest absolute Gasteiger partial charge is 0.115 e. The van der Waals surface area contributed by atoms with Crippen LogP contribution in [0.1, 0.15) is 0 Å². The Balaban J connectivity index is 0.000000227. The largest absolute Gasteiger partial charge is 0.508 e. The summed E-state index contributed by atoms with van der Waals surface area (Å²) < 4.78 is 0. The average Bonchev–Trinajstić information content (AvgIpc) is 2.22. The van der Waals surface area contributed by atoms with Gasteiger partial charge >= 0.3 is 0 Å². The summed E-state index contributed by atoms with van der Waals surface area (Å²) in [5.41, 5.74) is 0. The Hall–Kier alpha value is -1.14. The predicted molar refractivity (Wildman–Crippen MR) is 53.4 cm³/mol. The van der Waals surface area contributed by atoms with E-state index in [4.69, 9.17) is 5.11 Å². The maximum absolute atomic E-state index is 8.63. The molecule has 0 saturated heterocycles. The molecule has 1 nitrogen and oxygen atoms in total. The Morgan fingerprint density at radius 2 is 1.29 bits per heavy atom. The summed E-state index contributed by atoms with van der Waals surface area (Å²) >= 11 is 0. The molecule has 0 aliphatic carbocycles. The number of para-hydroxylation sites is 1. The first kappa shape index (κ1) is 12.9. The van der Waals surface area contributed by atoms with Crippen molar-refractivity contribution in [2.45, 2.75) is 0 Å². The summed E-state index contributed by atoms with van der Waals surface area (Å²) in [7, 11) is 0. The van der Waals surface area contributed by atoms with Gasteiger partial charge in [0.25, 0.3) is 0 Å². The Morgan fingerprint density at radius 1 is 0.786 bits per heavy atom. The van der Waals surface area contributed by atoms with E-state index in [0.29, 0.717) is 5.75 Å². The van der Waals surface area contributed by atoms with Crippen molar-refractivity contribution in [3.8, 4) is 5.75 Å². The first-order valence-electron chi connectivity index (χ1n) is 4.04. The van der Waals surface area contributed by atoms with E-state index < -0.39 is 0 Å². The molecule has 0 fully saturated rings. The van der Waals surface area contributed by atoms with Gasteiger partial charge in [-0.15, -0.1) is 0 Å². The number of hydrogen-bond acceptors (Lipinski definition) is 1. The summed E-state index contributed by atoms with van der Waals surface area (Å²) in [5.74, 6) is 0.322. The maximum atomic E-state index is 8.63. The van der Waals surface area contributed by atoms with Crippen molar-refractivity contribution in [3.05, 3.63) is 66.7 Å². The van der Waals surface area contributed by atoms with Crippen LogP contribution in [0.15, 0.2) is 60.7 Å². The molecule has 0 radical (unpaired) electrons. The van der Waals surface area contributed by atoms with E-state index in [1.54, 1.807) is 24.3 Å². The zero-order chi connectivity index (χ0) is 9.36. The number of benzene rings is 2. The summed E-state index contributed by atoms with van der Waals surface area (Å²) in [4.78, 5) is 0. The molecule has 0 unspecified atom stereocenters. The molecule has 0 spiro atoms. The first-order valence-corrected chi connectivity index (χ1v) is 4.04. The predicted octanol–water partition coefficient (Wildman–Crippen LogP) is 2.88. The van der Waals surface area contributed by atoms with Gasteiger partial charge in [0.2, 0.25) is 0 Å². The Bertz CT molecular complexity index is 281. The molecule has 1 N–H and O–H groups in total. The van der Waals surface area contributed by atoms with Crippen LogP contribution in [0.5, 0.6) is 5.75 Å². The van der Waals surface area contributed by atoms with Crippen molar-refractivity contribution in [2.75, 3.05) is 0 Å². The third-order valence-corrected chi connectivity index (χ3v) is 1.36. The van der Waals surface area contributed by atoms with Gasteiger partial charge in [-0.05, 0) is 12.1 Å². The van der Waals surface area contributed by atoms with Crippen molar-refractivity contribution in [3.63, 3.8) is 0 Å². The van der Waals surface area contributed by atoms with Crippen LogP contribution in [0.4, 0.5) is 0 Å². The van der Waals surface area contributed by atoms with E-state index in [2.05, 4.69) is 6.07 Å². The molecular weight excluding hydrogens is 226 g/mol. The van der Waals surface area contributed by atoms with Crippen LogP contribution in [0, 0.1) is 6.07 Å². The number of hydrogen-bond donors (Lipinski definition) is 1. The minimum Gasteiger partial charge on any atom is -0.508 e. The maximum Gasteiger partial charge on any atom is 0.115 e. The minimum absolute atomic E-state index is 0. The summed E-state index contributed by atoms with van der Waals surface area (Å²) in [5, 5.41) is 8.63. The zero-order valence-corrected chi connectivity index (χ0v) is 10.9. The molecule has 0 amide bonds. The van der Waals surface area contributed by atoms with Crippen LogP contribution < -0.4 is 0 Å². The van der Waals surface area contributed by atoms with E-state index in [-0.39, 0.29) is 19.5 Å². The van der Waals surface area contributed by atoms with Crippen molar-refractivity contribution in [2.24, 2.45) is 0 Å². The quantitative estimate of drug-likeness (QED) is 0.551. The van der Waals surface area contributed by atoms with Gasteiger partial charge in [0, 0.05) is 19.5 Å². The standard InChI is InChI=1S/C6H6O.C6H5.Zn/c7-6-4-2-1-3-5-6;1-2-4-6-5-3-1;/h1-5,7H;1-5H;/q;-1;. The zero-order valence-electron chi connectivity index (χ0n) is 7.93. The van der Waals surface area contributed by atoms with Gasteiger partial charge < -0.3 is 5.11 Å². The molecule has 0 atom stereocenters. The molecule has 68 valence electrons. The number of phenols is 1. The Labute approximate surface area is 97.2 Å². The molecule has 2 aromatic carbocycles. The topological polar surface area (TPSA) is 20.2 Å². The second kappa shape index (κ2) is 8.46. The Morgan fingerprint density at radius 3 is 1.50 bits per heavy atom. The van der Waals surface area contributed by atoms with Gasteiger partial charge in [0.1, 0.15) is 5.75 Å². The molecule has 14 heavy (non-hydrogen) atoms. The van der Waals surface area contributed by atoms with Crippen LogP contribution >= 0.6 is 0 Å². The number of rotatable bonds is 0. The molecule has 2 aromatic rings. The van der Waals surface area contributed by atoms with Crippen molar-refractivity contribution in [1.82, 2.24) is 0 Å². The molecule has 0 aliphatic heterocycles. The van der Waals surface area contributed by atoms with Gasteiger partial charge in [0.05, 0.1) is 0 Å². The van der Waals surface area contributed by atoms with Crippen molar-refractivity contribution >= 4 is 0 Å². The molecule has 0 heterocycles. The van der Waals surface area contributed by atoms with E-state index in [0.717, 1.165) is 0 Å². The number of phenolic OH excluding ortho intramolecular Hbond substituents is 1. The first-order chi connectivity index (χ1) is 6.39.